The average molecular weight is 507 g/mol. The number of hydrogen-bond acceptors (Lipinski definition) is 7. The van der Waals surface area contributed by atoms with Crippen molar-refractivity contribution in [2.45, 2.75) is 6.42 Å². The van der Waals surface area contributed by atoms with Crippen molar-refractivity contribution in [2.24, 2.45) is 0 Å². The molecule has 1 heterocycles. The second-order valence-corrected chi connectivity index (χ2v) is 7.79. The van der Waals surface area contributed by atoms with Gasteiger partial charge >= 0.3 is 17.7 Å². The number of nitrogens with zero attached hydrogens (tertiary/aromatic N) is 5. The number of ether oxygens (including phenoxy) is 2. The van der Waals surface area contributed by atoms with E-state index >= 15 is 0 Å². The van der Waals surface area contributed by atoms with E-state index in [2.05, 4.69) is 10.4 Å². The molecule has 0 unspecified atom stereocenters. The summed E-state index contributed by atoms with van der Waals surface area (Å²) in [4.78, 5) is 38.7. The number of carboxylic acids is 1. The Morgan fingerprint density at radius 1 is 1.03 bits per heavy atom. The first kappa shape index (κ1) is 25.1. The van der Waals surface area contributed by atoms with Crippen LogP contribution in [0.1, 0.15) is 15.9 Å². The molecule has 1 aromatic heterocycles. The number of methoxy groups -OCH3 is 1. The Labute approximate surface area is 209 Å². The summed E-state index contributed by atoms with van der Waals surface area (Å²) < 4.78 is 26.4. The molecule has 0 aliphatic carbocycles. The third kappa shape index (κ3) is 5.17. The van der Waals surface area contributed by atoms with Gasteiger partial charge < -0.3 is 14.6 Å². The number of aromatic nitrogens is 4. The van der Waals surface area contributed by atoms with Crippen LogP contribution in [0, 0.1) is 5.82 Å². The largest absolute Gasteiger partial charge is 0.494 e. The summed E-state index contributed by atoms with van der Waals surface area (Å²) in [6.07, 6.45) is 0.566. The Hall–Kier alpha value is -5.00. The highest BCUT2D eigenvalue weighted by atomic mass is 19.1. The number of halogens is 1. The highest BCUT2D eigenvalue weighted by Gasteiger charge is 2.25. The zero-order valence-electron chi connectivity index (χ0n) is 19.9. The first-order valence-corrected chi connectivity index (χ1v) is 11.0. The van der Waals surface area contributed by atoms with Gasteiger partial charge in [-0.3, -0.25) is 4.90 Å². The predicted molar refractivity (Wildman–Crippen MR) is 130 cm³/mol. The molecule has 4 aromatic rings. The van der Waals surface area contributed by atoms with Crippen LogP contribution in [0.4, 0.5) is 14.9 Å². The van der Waals surface area contributed by atoms with Crippen molar-refractivity contribution in [2.75, 3.05) is 25.7 Å². The van der Waals surface area contributed by atoms with Crippen molar-refractivity contribution in [3.63, 3.8) is 0 Å². The summed E-state index contributed by atoms with van der Waals surface area (Å²) in [6.45, 7) is 0.245. The lowest BCUT2D eigenvalue weighted by molar-refractivity contribution is 0.0697. The quantitative estimate of drug-likeness (QED) is 0.361. The number of benzene rings is 3. The molecule has 0 aliphatic rings. The van der Waals surface area contributed by atoms with E-state index in [1.54, 1.807) is 0 Å². The third-order valence-corrected chi connectivity index (χ3v) is 5.49. The van der Waals surface area contributed by atoms with E-state index < -0.39 is 23.5 Å². The first-order valence-electron chi connectivity index (χ1n) is 11.0. The molecule has 4 rings (SSSR count). The first-order chi connectivity index (χ1) is 17.8. The van der Waals surface area contributed by atoms with E-state index in [4.69, 9.17) is 9.47 Å². The van der Waals surface area contributed by atoms with Crippen LogP contribution in [-0.4, -0.2) is 57.7 Å². The monoisotopic (exact) mass is 507 g/mol. The second-order valence-electron chi connectivity index (χ2n) is 7.79. The van der Waals surface area contributed by atoms with Crippen LogP contribution >= 0.6 is 0 Å². The fraction of sp³-hybridized carbons (Fsp3) is 0.160. The Balaban J connectivity index is 1.65. The number of amides is 1. The van der Waals surface area contributed by atoms with Gasteiger partial charge in [-0.1, -0.05) is 36.4 Å². The van der Waals surface area contributed by atoms with Gasteiger partial charge in [0.1, 0.15) is 17.2 Å². The summed E-state index contributed by atoms with van der Waals surface area (Å²) in [7, 11) is 2.62. The van der Waals surface area contributed by atoms with E-state index in [-0.39, 0.29) is 35.0 Å². The van der Waals surface area contributed by atoms with Crippen LogP contribution < -0.4 is 20.1 Å². The van der Waals surface area contributed by atoms with Gasteiger partial charge in [0.15, 0.2) is 5.82 Å². The maximum absolute atomic E-state index is 14.5. The smallest absolute Gasteiger partial charge is 0.377 e. The summed E-state index contributed by atoms with van der Waals surface area (Å²) in [6, 6.07) is 16.5. The molecular formula is C25H22FN5O6. The zero-order chi connectivity index (χ0) is 26.5. The zero-order valence-corrected chi connectivity index (χ0v) is 19.9. The topological polar surface area (TPSA) is 129 Å². The minimum absolute atomic E-state index is 0.0122. The molecule has 3 aromatic carbocycles. The van der Waals surface area contributed by atoms with Crippen molar-refractivity contribution in [1.29, 1.82) is 0 Å². The average Bonchev–Trinajstić information content (AvgIpc) is 3.28. The SMILES string of the molecule is COc1cccc(F)c1-n1nnn(C(=O)N(C)c2cc(C(=O)O)ccc2OCCc2ccccc2)c1=O. The Kier molecular flexibility index (Phi) is 7.28. The highest BCUT2D eigenvalue weighted by molar-refractivity contribution is 5.96. The molecule has 0 saturated heterocycles. The number of carbonyl (C=O) groups is 2. The lowest BCUT2D eigenvalue weighted by Gasteiger charge is -2.20. The summed E-state index contributed by atoms with van der Waals surface area (Å²) in [5.41, 5.74) is -0.349. The number of para-hydroxylation sites is 1. The van der Waals surface area contributed by atoms with Crippen molar-refractivity contribution in [3.8, 4) is 17.2 Å². The number of rotatable bonds is 8. The lowest BCUT2D eigenvalue weighted by atomic mass is 10.1. The highest BCUT2D eigenvalue weighted by Crippen LogP contribution is 2.30. The molecule has 190 valence electrons. The molecule has 0 saturated carbocycles. The summed E-state index contributed by atoms with van der Waals surface area (Å²) >= 11 is 0. The number of carboxylic acid groups (broad SMARTS) is 1. The van der Waals surface area contributed by atoms with Gasteiger partial charge in [-0.05, 0) is 46.3 Å². The predicted octanol–water partition coefficient (Wildman–Crippen LogP) is 3.00. The van der Waals surface area contributed by atoms with Crippen molar-refractivity contribution < 1.29 is 28.6 Å². The molecule has 0 atom stereocenters. The maximum Gasteiger partial charge on any atom is 0.377 e. The van der Waals surface area contributed by atoms with Crippen LogP contribution in [0.5, 0.6) is 11.5 Å². The Morgan fingerprint density at radius 2 is 1.78 bits per heavy atom. The minimum Gasteiger partial charge on any atom is -0.494 e. The van der Waals surface area contributed by atoms with Gasteiger partial charge in [-0.25, -0.2) is 18.8 Å². The molecule has 12 heteroatoms. The maximum atomic E-state index is 14.5. The van der Waals surface area contributed by atoms with Gasteiger partial charge in [0, 0.05) is 13.5 Å². The normalized spacial score (nSPS) is 10.7. The van der Waals surface area contributed by atoms with Crippen LogP contribution in [0.2, 0.25) is 0 Å². The molecule has 0 spiro atoms. The number of carbonyl (C=O) groups excluding carboxylic acids is 1. The second kappa shape index (κ2) is 10.7. The number of anilines is 1. The Morgan fingerprint density at radius 3 is 2.49 bits per heavy atom. The van der Waals surface area contributed by atoms with Gasteiger partial charge in [0.25, 0.3) is 0 Å². The molecule has 11 nitrogen and oxygen atoms in total. The van der Waals surface area contributed by atoms with Crippen LogP contribution in [0.15, 0.2) is 71.5 Å². The van der Waals surface area contributed by atoms with E-state index in [0.29, 0.717) is 15.8 Å². The van der Waals surface area contributed by atoms with Gasteiger partial charge in [-0.2, -0.15) is 4.68 Å². The van der Waals surface area contributed by atoms with Crippen LogP contribution in [-0.2, 0) is 6.42 Å². The van der Waals surface area contributed by atoms with Crippen LogP contribution in [0.25, 0.3) is 5.69 Å². The molecule has 1 N–H and O–H groups in total. The van der Waals surface area contributed by atoms with Crippen molar-refractivity contribution in [1.82, 2.24) is 19.8 Å². The number of tetrazole rings is 1. The standard InChI is InChI=1S/C25H22FN5O6/c1-29(24(34)31-25(35)30(27-28-31)22-18(26)9-6-10-21(22)36-2)19-15-17(23(32)33)11-12-20(19)37-14-13-16-7-4-3-5-8-16/h3-12,15H,13-14H2,1-2H3,(H,32,33). The van der Waals surface area contributed by atoms with Gasteiger partial charge in [0.2, 0.25) is 0 Å². The van der Waals surface area contributed by atoms with Gasteiger partial charge in [0.05, 0.1) is 25.0 Å². The molecule has 0 bridgehead atoms. The van der Waals surface area contributed by atoms with E-state index in [9.17, 15) is 23.9 Å². The van der Waals surface area contributed by atoms with Crippen molar-refractivity contribution in [3.05, 3.63) is 94.2 Å². The van der Waals surface area contributed by atoms with Crippen LogP contribution in [0.3, 0.4) is 0 Å². The summed E-state index contributed by atoms with van der Waals surface area (Å²) in [5, 5.41) is 16.7. The molecular weight excluding hydrogens is 485 g/mol. The Bertz CT molecular complexity index is 1500. The fourth-order valence-corrected chi connectivity index (χ4v) is 3.58. The van der Waals surface area contributed by atoms with Gasteiger partial charge in [-0.15, -0.1) is 4.68 Å². The molecule has 0 aliphatic heterocycles. The molecule has 0 radical (unpaired) electrons. The minimum atomic E-state index is -1.22. The summed E-state index contributed by atoms with van der Waals surface area (Å²) in [5.74, 6) is -1.79. The van der Waals surface area contributed by atoms with E-state index in [1.165, 1.54) is 44.5 Å². The molecule has 0 fully saturated rings. The van der Waals surface area contributed by atoms with Crippen molar-refractivity contribution >= 4 is 17.7 Å². The molecule has 37 heavy (non-hydrogen) atoms. The van der Waals surface area contributed by atoms with E-state index in [1.807, 2.05) is 30.3 Å². The molecule has 1 amide bonds. The third-order valence-electron chi connectivity index (χ3n) is 5.49. The van der Waals surface area contributed by atoms with E-state index in [0.717, 1.165) is 16.5 Å². The lowest BCUT2D eigenvalue weighted by Crippen LogP contribution is -2.39. The fourth-order valence-electron chi connectivity index (χ4n) is 3.58. The number of hydrogen-bond donors (Lipinski definition) is 1. The number of aromatic carboxylic acids is 1.